The average Bonchev–Trinajstić information content (AvgIpc) is 3.28. The molecule has 25 heavy (non-hydrogen) atoms. The lowest BCUT2D eigenvalue weighted by atomic mass is 9.96. The number of hydrogen-bond acceptors (Lipinski definition) is 4. The zero-order valence-corrected chi connectivity index (χ0v) is 14.3. The van der Waals surface area contributed by atoms with Gasteiger partial charge in [0.15, 0.2) is 5.76 Å². The van der Waals surface area contributed by atoms with E-state index < -0.39 is 0 Å². The highest BCUT2D eigenvalue weighted by Gasteiger charge is 2.18. The fourth-order valence-corrected chi connectivity index (χ4v) is 3.70. The van der Waals surface area contributed by atoms with Gasteiger partial charge in [-0.1, -0.05) is 0 Å². The first kappa shape index (κ1) is 16.1. The predicted octanol–water partition coefficient (Wildman–Crippen LogP) is 2.69. The third kappa shape index (κ3) is 3.54. The number of amides is 1. The molecule has 2 N–H and O–H groups in total. The summed E-state index contributed by atoms with van der Waals surface area (Å²) in [6, 6.07) is 5.32. The zero-order valence-electron chi connectivity index (χ0n) is 14.3. The molecule has 1 saturated heterocycles. The maximum atomic E-state index is 12.4. The molecule has 0 radical (unpaired) electrons. The molecule has 6 heteroatoms. The van der Waals surface area contributed by atoms with Gasteiger partial charge in [0, 0.05) is 5.69 Å². The van der Waals surface area contributed by atoms with Crippen LogP contribution in [0, 0.1) is 0 Å². The summed E-state index contributed by atoms with van der Waals surface area (Å²) in [4.78, 5) is 29.8. The van der Waals surface area contributed by atoms with Gasteiger partial charge >= 0.3 is 0 Å². The number of nitrogens with one attached hydrogen (secondary N) is 2. The van der Waals surface area contributed by atoms with Gasteiger partial charge in [-0.3, -0.25) is 14.5 Å². The van der Waals surface area contributed by atoms with Crippen molar-refractivity contribution < 1.29 is 9.21 Å². The number of aromatic nitrogens is 1. The largest absolute Gasteiger partial charge is 0.455 e. The third-order valence-electron chi connectivity index (χ3n) is 5.05. The van der Waals surface area contributed by atoms with Gasteiger partial charge < -0.3 is 14.7 Å². The minimum Gasteiger partial charge on any atom is -0.455 e. The number of aryl methyl sites for hydroxylation is 2. The van der Waals surface area contributed by atoms with Crippen LogP contribution in [0.1, 0.15) is 53.3 Å². The Bertz CT molecular complexity index is 831. The van der Waals surface area contributed by atoms with Gasteiger partial charge in [0.05, 0.1) is 6.54 Å². The summed E-state index contributed by atoms with van der Waals surface area (Å²) in [5.74, 6) is 0.645. The fraction of sp³-hybridized carbons (Fsp3) is 0.474. The minimum absolute atomic E-state index is 0.242. The van der Waals surface area contributed by atoms with E-state index in [2.05, 4.69) is 15.2 Å². The molecular formula is C19H23N3O3. The lowest BCUT2D eigenvalue weighted by Gasteiger charge is -2.16. The molecule has 1 aliphatic carbocycles. The highest BCUT2D eigenvalue weighted by molar-refractivity contribution is 6.02. The molecule has 3 heterocycles. The van der Waals surface area contributed by atoms with Crippen molar-refractivity contribution in [2.24, 2.45) is 0 Å². The number of hydrogen-bond donors (Lipinski definition) is 2. The van der Waals surface area contributed by atoms with Gasteiger partial charge in [-0.15, -0.1) is 0 Å². The van der Waals surface area contributed by atoms with Crippen LogP contribution in [0.4, 0.5) is 5.69 Å². The fourth-order valence-electron chi connectivity index (χ4n) is 3.70. The number of carbonyl (C=O) groups excluding carboxylic acids is 1. The van der Waals surface area contributed by atoms with Crippen molar-refractivity contribution in [3.05, 3.63) is 51.3 Å². The van der Waals surface area contributed by atoms with E-state index in [-0.39, 0.29) is 17.2 Å². The van der Waals surface area contributed by atoms with Gasteiger partial charge in [0.2, 0.25) is 0 Å². The molecule has 2 aromatic heterocycles. The summed E-state index contributed by atoms with van der Waals surface area (Å²) < 4.78 is 5.67. The van der Waals surface area contributed by atoms with E-state index in [1.54, 1.807) is 12.1 Å². The Balaban J connectivity index is 1.46. The lowest BCUT2D eigenvalue weighted by molar-refractivity contribution is 0.0993. The Morgan fingerprint density at radius 3 is 2.80 bits per heavy atom. The zero-order chi connectivity index (χ0) is 17.2. The maximum absolute atomic E-state index is 12.4. The maximum Gasteiger partial charge on any atom is 0.291 e. The number of aromatic amines is 1. The Kier molecular flexibility index (Phi) is 4.44. The highest BCUT2D eigenvalue weighted by Crippen LogP contribution is 2.21. The van der Waals surface area contributed by atoms with Gasteiger partial charge in [-0.05, 0) is 75.4 Å². The number of pyridine rings is 1. The Morgan fingerprint density at radius 2 is 1.96 bits per heavy atom. The van der Waals surface area contributed by atoms with E-state index >= 15 is 0 Å². The monoisotopic (exact) mass is 341 g/mol. The van der Waals surface area contributed by atoms with Gasteiger partial charge in [0.25, 0.3) is 11.5 Å². The second-order valence-corrected chi connectivity index (χ2v) is 6.93. The van der Waals surface area contributed by atoms with Crippen LogP contribution in [0.2, 0.25) is 0 Å². The van der Waals surface area contributed by atoms with Crippen LogP contribution >= 0.6 is 0 Å². The number of likely N-dealkylation sites (tertiary alicyclic amines) is 1. The van der Waals surface area contributed by atoms with Gasteiger partial charge in [0.1, 0.15) is 11.4 Å². The molecule has 132 valence electrons. The van der Waals surface area contributed by atoms with Crippen LogP contribution in [0.25, 0.3) is 0 Å². The van der Waals surface area contributed by atoms with E-state index in [4.69, 9.17) is 4.42 Å². The van der Waals surface area contributed by atoms with Gasteiger partial charge in [-0.2, -0.15) is 0 Å². The summed E-state index contributed by atoms with van der Waals surface area (Å²) in [5, 5.41) is 2.69. The summed E-state index contributed by atoms with van der Waals surface area (Å²) in [6.07, 6.45) is 6.49. The minimum atomic E-state index is -0.381. The van der Waals surface area contributed by atoms with Crippen LogP contribution in [0.15, 0.2) is 27.4 Å². The molecule has 6 nitrogen and oxygen atoms in total. The van der Waals surface area contributed by atoms with E-state index in [1.807, 2.05) is 6.07 Å². The Labute approximate surface area is 146 Å². The summed E-state index contributed by atoms with van der Waals surface area (Å²) in [5.41, 5.74) is 2.16. The predicted molar refractivity (Wildman–Crippen MR) is 94.9 cm³/mol. The molecule has 2 aromatic rings. The van der Waals surface area contributed by atoms with Crippen molar-refractivity contribution in [1.82, 2.24) is 9.88 Å². The molecule has 2 aliphatic rings. The molecule has 0 atom stereocenters. The van der Waals surface area contributed by atoms with Crippen molar-refractivity contribution >= 4 is 11.6 Å². The standard InChI is InChI=1S/C19H23N3O3/c23-18-16(11-13-5-1-2-6-15(13)20-18)21-19(24)17-8-7-14(25-17)12-22-9-3-4-10-22/h7-8,11H,1-6,9-10,12H2,(H,20,23)(H,21,24). The van der Waals surface area contributed by atoms with E-state index in [9.17, 15) is 9.59 Å². The number of H-pyrrole nitrogens is 1. The average molecular weight is 341 g/mol. The van der Waals surface area contributed by atoms with Crippen molar-refractivity contribution in [2.75, 3.05) is 18.4 Å². The molecule has 0 aromatic carbocycles. The SMILES string of the molecule is O=C(Nc1cc2c([nH]c1=O)CCCC2)c1ccc(CN2CCCC2)o1. The topological polar surface area (TPSA) is 78.3 Å². The van der Waals surface area contributed by atoms with Crippen LogP contribution in [-0.4, -0.2) is 28.9 Å². The Morgan fingerprint density at radius 1 is 1.16 bits per heavy atom. The number of fused-ring (bicyclic) bond motifs is 1. The van der Waals surface area contributed by atoms with Crippen molar-refractivity contribution in [1.29, 1.82) is 0 Å². The van der Waals surface area contributed by atoms with Crippen LogP contribution in [-0.2, 0) is 19.4 Å². The molecular weight excluding hydrogens is 318 g/mol. The molecule has 0 spiro atoms. The number of anilines is 1. The van der Waals surface area contributed by atoms with Crippen LogP contribution < -0.4 is 10.9 Å². The van der Waals surface area contributed by atoms with E-state index in [0.717, 1.165) is 62.3 Å². The number of nitrogens with zero attached hydrogens (tertiary/aromatic N) is 1. The van der Waals surface area contributed by atoms with Crippen LogP contribution in [0.3, 0.4) is 0 Å². The van der Waals surface area contributed by atoms with Crippen molar-refractivity contribution in [3.63, 3.8) is 0 Å². The third-order valence-corrected chi connectivity index (χ3v) is 5.05. The quantitative estimate of drug-likeness (QED) is 0.896. The first-order valence-corrected chi connectivity index (χ1v) is 9.06. The molecule has 0 unspecified atom stereocenters. The summed E-state index contributed by atoms with van der Waals surface area (Å²) in [6.45, 7) is 2.88. The number of rotatable bonds is 4. The molecule has 1 fully saturated rings. The van der Waals surface area contributed by atoms with Crippen molar-refractivity contribution in [3.8, 4) is 0 Å². The first-order chi connectivity index (χ1) is 12.2. The van der Waals surface area contributed by atoms with Gasteiger partial charge in [-0.25, -0.2) is 0 Å². The second-order valence-electron chi connectivity index (χ2n) is 6.93. The van der Waals surface area contributed by atoms with E-state index in [0.29, 0.717) is 5.69 Å². The van der Waals surface area contributed by atoms with E-state index in [1.165, 1.54) is 12.8 Å². The molecule has 0 bridgehead atoms. The smallest absolute Gasteiger partial charge is 0.291 e. The van der Waals surface area contributed by atoms with Crippen LogP contribution in [0.5, 0.6) is 0 Å². The highest BCUT2D eigenvalue weighted by atomic mass is 16.4. The van der Waals surface area contributed by atoms with Crippen molar-refractivity contribution in [2.45, 2.75) is 45.1 Å². The normalized spacial score (nSPS) is 17.4. The second kappa shape index (κ2) is 6.88. The summed E-state index contributed by atoms with van der Waals surface area (Å²) in [7, 11) is 0. The first-order valence-electron chi connectivity index (χ1n) is 9.06. The number of carbonyl (C=O) groups is 1. The summed E-state index contributed by atoms with van der Waals surface area (Å²) >= 11 is 0. The molecule has 1 aliphatic heterocycles. The molecule has 4 rings (SSSR count). The number of furan rings is 1. The lowest BCUT2D eigenvalue weighted by Crippen LogP contribution is -2.22. The Hall–Kier alpha value is -2.34. The molecule has 1 amide bonds. The molecule has 0 saturated carbocycles.